The highest BCUT2D eigenvalue weighted by molar-refractivity contribution is 5.91. The largest absolute Gasteiger partial charge is 0.273 e. The summed E-state index contributed by atoms with van der Waals surface area (Å²) in [6.45, 7) is 7.48. The Balaban J connectivity index is 2.33. The van der Waals surface area contributed by atoms with Gasteiger partial charge in [-0.2, -0.15) is 0 Å². The lowest BCUT2D eigenvalue weighted by Gasteiger charge is -2.16. The van der Waals surface area contributed by atoms with Crippen molar-refractivity contribution in [1.82, 2.24) is 0 Å². The fourth-order valence-electron chi connectivity index (χ4n) is 1.58. The number of anilines is 1. The second-order valence-corrected chi connectivity index (χ2v) is 4.17. The van der Waals surface area contributed by atoms with Crippen LogP contribution in [0.3, 0.4) is 0 Å². The Labute approximate surface area is 109 Å². The minimum absolute atomic E-state index is 0.0644. The van der Waals surface area contributed by atoms with Crippen molar-refractivity contribution < 1.29 is 4.79 Å². The third kappa shape index (κ3) is 4.55. The van der Waals surface area contributed by atoms with Gasteiger partial charge in [-0.1, -0.05) is 43.0 Å². The molecule has 3 nitrogen and oxygen atoms in total. The second kappa shape index (κ2) is 7.45. The van der Waals surface area contributed by atoms with Crippen LogP contribution in [0.5, 0.6) is 0 Å². The number of allylic oxidation sites excluding steroid dienone is 2. The molecule has 0 spiro atoms. The van der Waals surface area contributed by atoms with Gasteiger partial charge in [0.2, 0.25) is 5.91 Å². The molecule has 1 aromatic carbocycles. The van der Waals surface area contributed by atoms with Crippen LogP contribution in [0.15, 0.2) is 55.1 Å². The molecule has 0 atom stereocenters. The number of nitrogens with zero attached hydrogens (tertiary/aromatic N) is 1. The highest BCUT2D eigenvalue weighted by Gasteiger charge is 2.10. The zero-order chi connectivity index (χ0) is 13.4. The average molecular weight is 244 g/mol. The van der Waals surface area contributed by atoms with E-state index < -0.39 is 0 Å². The van der Waals surface area contributed by atoms with Gasteiger partial charge >= 0.3 is 0 Å². The molecule has 18 heavy (non-hydrogen) atoms. The molecular formula is C15H20N2O. The fraction of sp³-hybridized carbons (Fsp3) is 0.267. The summed E-state index contributed by atoms with van der Waals surface area (Å²) in [5.41, 5.74) is 1.73. The van der Waals surface area contributed by atoms with Crippen molar-refractivity contribution in [2.75, 3.05) is 5.01 Å². The number of carbonyl (C=O) groups is 1. The molecule has 0 aliphatic rings. The van der Waals surface area contributed by atoms with Gasteiger partial charge in [0.05, 0.1) is 5.69 Å². The summed E-state index contributed by atoms with van der Waals surface area (Å²) in [5, 5.41) is 1.21. The van der Waals surface area contributed by atoms with Crippen LogP contribution in [0.4, 0.5) is 5.69 Å². The first kappa shape index (κ1) is 14.2. The zero-order valence-electron chi connectivity index (χ0n) is 10.6. The summed E-state index contributed by atoms with van der Waals surface area (Å²) in [7, 11) is 0. The van der Waals surface area contributed by atoms with Crippen LogP contribution in [0.2, 0.25) is 0 Å². The van der Waals surface area contributed by atoms with E-state index in [1.54, 1.807) is 6.08 Å². The molecule has 0 aromatic heterocycles. The van der Waals surface area contributed by atoms with Crippen LogP contribution in [-0.2, 0) is 4.79 Å². The summed E-state index contributed by atoms with van der Waals surface area (Å²) in [5.74, 6) is 5.69. The van der Waals surface area contributed by atoms with Gasteiger partial charge < -0.3 is 0 Å². The van der Waals surface area contributed by atoms with Crippen molar-refractivity contribution in [2.45, 2.75) is 25.7 Å². The highest BCUT2D eigenvalue weighted by Crippen LogP contribution is 2.13. The first-order valence-electron chi connectivity index (χ1n) is 6.08. The fourth-order valence-corrected chi connectivity index (χ4v) is 1.58. The quantitative estimate of drug-likeness (QED) is 0.263. The van der Waals surface area contributed by atoms with Gasteiger partial charge in [-0.15, -0.1) is 0 Å². The number of carbonyl (C=O) groups excluding carboxylic acids is 1. The minimum Gasteiger partial charge on any atom is -0.273 e. The van der Waals surface area contributed by atoms with E-state index in [0.717, 1.165) is 30.5 Å². The molecule has 0 heterocycles. The summed E-state index contributed by atoms with van der Waals surface area (Å²) < 4.78 is 0. The standard InChI is InChI=1S/C15H20N2O/c1-3-13(2)9-7-8-12-15(18)17(16)14-10-5-4-6-11-14/h3-6,10-11H,1-2,7-9,12,16H2. The SMILES string of the molecule is C=CC(=C)CCCCC(=O)N(N)c1ccccc1. The monoisotopic (exact) mass is 244 g/mol. The molecule has 0 aliphatic carbocycles. The van der Waals surface area contributed by atoms with E-state index in [1.165, 1.54) is 5.01 Å². The molecule has 0 saturated carbocycles. The van der Waals surface area contributed by atoms with E-state index in [0.29, 0.717) is 6.42 Å². The normalized spacial score (nSPS) is 9.83. The van der Waals surface area contributed by atoms with Crippen LogP contribution >= 0.6 is 0 Å². The number of nitrogens with two attached hydrogens (primary N) is 1. The maximum Gasteiger partial charge on any atom is 0.241 e. The molecule has 0 aliphatic heterocycles. The Kier molecular flexibility index (Phi) is 5.88. The molecular weight excluding hydrogens is 224 g/mol. The second-order valence-electron chi connectivity index (χ2n) is 4.17. The number of hydrazine groups is 1. The lowest BCUT2D eigenvalue weighted by Crippen LogP contribution is -2.37. The summed E-state index contributed by atoms with van der Waals surface area (Å²) in [6.07, 6.45) is 4.83. The van der Waals surface area contributed by atoms with Crippen molar-refractivity contribution in [3.63, 3.8) is 0 Å². The summed E-state index contributed by atoms with van der Waals surface area (Å²) in [4.78, 5) is 11.8. The number of para-hydroxylation sites is 1. The summed E-state index contributed by atoms with van der Waals surface area (Å²) in [6, 6.07) is 9.24. The van der Waals surface area contributed by atoms with E-state index in [-0.39, 0.29) is 5.91 Å². The van der Waals surface area contributed by atoms with Gasteiger partial charge in [-0.3, -0.25) is 4.79 Å². The van der Waals surface area contributed by atoms with Crippen LogP contribution in [0.1, 0.15) is 25.7 Å². The number of unbranched alkanes of at least 4 members (excludes halogenated alkanes) is 1. The molecule has 96 valence electrons. The molecule has 0 bridgehead atoms. The molecule has 0 radical (unpaired) electrons. The Morgan fingerprint density at radius 1 is 1.22 bits per heavy atom. The van der Waals surface area contributed by atoms with Gasteiger partial charge in [0.15, 0.2) is 0 Å². The van der Waals surface area contributed by atoms with Crippen LogP contribution in [0, 0.1) is 0 Å². The van der Waals surface area contributed by atoms with Crippen LogP contribution in [0.25, 0.3) is 0 Å². The Morgan fingerprint density at radius 3 is 2.44 bits per heavy atom. The zero-order valence-corrected chi connectivity index (χ0v) is 10.6. The molecule has 1 amide bonds. The van der Waals surface area contributed by atoms with E-state index in [2.05, 4.69) is 13.2 Å². The van der Waals surface area contributed by atoms with Gasteiger partial charge in [0.25, 0.3) is 0 Å². The molecule has 2 N–H and O–H groups in total. The van der Waals surface area contributed by atoms with Gasteiger partial charge in [0, 0.05) is 6.42 Å². The van der Waals surface area contributed by atoms with Gasteiger partial charge in [-0.05, 0) is 31.4 Å². The van der Waals surface area contributed by atoms with E-state index in [9.17, 15) is 4.79 Å². The van der Waals surface area contributed by atoms with E-state index in [1.807, 2.05) is 30.3 Å². The highest BCUT2D eigenvalue weighted by atomic mass is 16.2. The topological polar surface area (TPSA) is 46.3 Å². The Morgan fingerprint density at radius 2 is 1.83 bits per heavy atom. The molecule has 0 saturated heterocycles. The molecule has 0 unspecified atom stereocenters. The smallest absolute Gasteiger partial charge is 0.241 e. The first-order valence-corrected chi connectivity index (χ1v) is 6.08. The Bertz CT molecular complexity index is 412. The van der Waals surface area contributed by atoms with Gasteiger partial charge in [0.1, 0.15) is 0 Å². The number of hydrogen-bond donors (Lipinski definition) is 1. The maximum atomic E-state index is 11.8. The molecule has 0 fully saturated rings. The number of hydrogen-bond acceptors (Lipinski definition) is 2. The maximum absolute atomic E-state index is 11.8. The molecule has 1 aromatic rings. The van der Waals surface area contributed by atoms with Crippen molar-refractivity contribution in [3.8, 4) is 0 Å². The van der Waals surface area contributed by atoms with Crippen molar-refractivity contribution in [2.24, 2.45) is 5.84 Å². The van der Waals surface area contributed by atoms with Crippen LogP contribution in [-0.4, -0.2) is 5.91 Å². The number of amides is 1. The lowest BCUT2D eigenvalue weighted by atomic mass is 10.1. The third-order valence-electron chi connectivity index (χ3n) is 2.73. The average Bonchev–Trinajstić information content (AvgIpc) is 2.43. The minimum atomic E-state index is -0.0644. The predicted octanol–water partition coefficient (Wildman–Crippen LogP) is 3.20. The van der Waals surface area contributed by atoms with Crippen molar-refractivity contribution >= 4 is 11.6 Å². The third-order valence-corrected chi connectivity index (χ3v) is 2.73. The van der Waals surface area contributed by atoms with E-state index >= 15 is 0 Å². The number of benzene rings is 1. The molecule has 1 rings (SSSR count). The lowest BCUT2D eigenvalue weighted by molar-refractivity contribution is -0.118. The van der Waals surface area contributed by atoms with Crippen LogP contribution < -0.4 is 10.9 Å². The molecule has 3 heteroatoms. The number of rotatable bonds is 7. The Hall–Kier alpha value is -1.87. The van der Waals surface area contributed by atoms with Crippen molar-refractivity contribution in [3.05, 3.63) is 55.1 Å². The van der Waals surface area contributed by atoms with Gasteiger partial charge in [-0.25, -0.2) is 10.9 Å². The van der Waals surface area contributed by atoms with E-state index in [4.69, 9.17) is 5.84 Å². The first-order chi connectivity index (χ1) is 8.65. The summed E-state index contributed by atoms with van der Waals surface area (Å²) >= 11 is 0. The van der Waals surface area contributed by atoms with Crippen molar-refractivity contribution in [1.29, 1.82) is 0 Å². The predicted molar refractivity (Wildman–Crippen MR) is 75.9 cm³/mol.